The van der Waals surface area contributed by atoms with Crippen molar-refractivity contribution >= 4 is 23.2 Å². The summed E-state index contributed by atoms with van der Waals surface area (Å²) in [5, 5.41) is 5.72. The SMILES string of the molecule is Cc1ccc(C(=O)Nc2ccc(Cn3cnc(C(=O)Nc4ccccc4)c3)cc2)cc1. The average molecular weight is 410 g/mol. The van der Waals surface area contributed by atoms with E-state index < -0.39 is 0 Å². The molecule has 0 unspecified atom stereocenters. The van der Waals surface area contributed by atoms with Crippen molar-refractivity contribution in [1.82, 2.24) is 9.55 Å². The van der Waals surface area contributed by atoms with Gasteiger partial charge in [0.1, 0.15) is 5.69 Å². The summed E-state index contributed by atoms with van der Waals surface area (Å²) in [5.41, 5.74) is 4.57. The second-order valence-electron chi connectivity index (χ2n) is 7.27. The number of carbonyl (C=O) groups excluding carboxylic acids is 2. The van der Waals surface area contributed by atoms with Crippen molar-refractivity contribution < 1.29 is 9.59 Å². The molecule has 4 aromatic rings. The van der Waals surface area contributed by atoms with Crippen LogP contribution >= 0.6 is 0 Å². The Morgan fingerprint density at radius 2 is 1.45 bits per heavy atom. The molecule has 0 saturated carbocycles. The third-order valence-corrected chi connectivity index (χ3v) is 4.79. The Balaban J connectivity index is 1.35. The van der Waals surface area contributed by atoms with Crippen LogP contribution in [0.4, 0.5) is 11.4 Å². The van der Waals surface area contributed by atoms with Gasteiger partial charge in [0.15, 0.2) is 0 Å². The number of rotatable bonds is 6. The Morgan fingerprint density at radius 1 is 0.806 bits per heavy atom. The van der Waals surface area contributed by atoms with Crippen LogP contribution in [0.15, 0.2) is 91.4 Å². The number of carbonyl (C=O) groups is 2. The molecule has 0 bridgehead atoms. The largest absolute Gasteiger partial charge is 0.332 e. The molecule has 0 radical (unpaired) electrons. The van der Waals surface area contributed by atoms with Crippen LogP contribution in [-0.2, 0) is 6.54 Å². The molecule has 4 rings (SSSR count). The van der Waals surface area contributed by atoms with Crippen molar-refractivity contribution in [2.24, 2.45) is 0 Å². The number of imidazole rings is 1. The zero-order chi connectivity index (χ0) is 21.6. The number of nitrogens with zero attached hydrogens (tertiary/aromatic N) is 2. The Morgan fingerprint density at radius 3 is 2.16 bits per heavy atom. The summed E-state index contributed by atoms with van der Waals surface area (Å²) in [4.78, 5) is 28.9. The van der Waals surface area contributed by atoms with E-state index in [-0.39, 0.29) is 11.8 Å². The summed E-state index contributed by atoms with van der Waals surface area (Å²) in [5.74, 6) is -0.393. The lowest BCUT2D eigenvalue weighted by Gasteiger charge is -2.07. The molecule has 0 aliphatic heterocycles. The molecule has 1 aromatic heterocycles. The van der Waals surface area contributed by atoms with Gasteiger partial charge in [-0.05, 0) is 48.9 Å². The van der Waals surface area contributed by atoms with Crippen molar-refractivity contribution in [3.8, 4) is 0 Å². The van der Waals surface area contributed by atoms with E-state index in [1.807, 2.05) is 90.4 Å². The van der Waals surface area contributed by atoms with Crippen LogP contribution in [0.25, 0.3) is 0 Å². The number of aryl methyl sites for hydroxylation is 1. The van der Waals surface area contributed by atoms with E-state index in [4.69, 9.17) is 0 Å². The molecule has 0 fully saturated rings. The molecule has 0 aliphatic carbocycles. The lowest BCUT2D eigenvalue weighted by molar-refractivity contribution is 0.101. The van der Waals surface area contributed by atoms with Gasteiger partial charge in [0.05, 0.1) is 6.33 Å². The molecule has 0 saturated heterocycles. The van der Waals surface area contributed by atoms with Gasteiger partial charge in [-0.2, -0.15) is 0 Å². The van der Waals surface area contributed by atoms with E-state index in [0.717, 1.165) is 22.5 Å². The summed E-state index contributed by atoms with van der Waals surface area (Å²) >= 11 is 0. The summed E-state index contributed by atoms with van der Waals surface area (Å²) in [6.07, 6.45) is 3.35. The normalized spacial score (nSPS) is 10.5. The highest BCUT2D eigenvalue weighted by Gasteiger charge is 2.10. The Kier molecular flexibility index (Phi) is 5.89. The van der Waals surface area contributed by atoms with Crippen molar-refractivity contribution in [2.75, 3.05) is 10.6 Å². The van der Waals surface area contributed by atoms with Gasteiger partial charge in [0.2, 0.25) is 0 Å². The molecular weight excluding hydrogens is 388 g/mol. The van der Waals surface area contributed by atoms with E-state index in [2.05, 4.69) is 15.6 Å². The molecule has 6 heteroatoms. The minimum absolute atomic E-state index is 0.142. The first-order chi connectivity index (χ1) is 15.1. The minimum Gasteiger partial charge on any atom is -0.332 e. The summed E-state index contributed by atoms with van der Waals surface area (Å²) < 4.78 is 1.85. The van der Waals surface area contributed by atoms with Gasteiger partial charge in [-0.3, -0.25) is 9.59 Å². The summed E-state index contributed by atoms with van der Waals surface area (Å²) in [6.45, 7) is 2.55. The predicted molar refractivity (Wildman–Crippen MR) is 121 cm³/mol. The Hall–Kier alpha value is -4.19. The fraction of sp³-hybridized carbons (Fsp3) is 0.0800. The minimum atomic E-state index is -0.251. The number of nitrogens with one attached hydrogen (secondary N) is 2. The molecule has 2 amide bonds. The van der Waals surface area contributed by atoms with Gasteiger partial charge < -0.3 is 15.2 Å². The molecule has 3 aromatic carbocycles. The number of anilines is 2. The maximum absolute atomic E-state index is 12.3. The highest BCUT2D eigenvalue weighted by Crippen LogP contribution is 2.14. The smallest absolute Gasteiger partial charge is 0.275 e. The first kappa shape index (κ1) is 20.1. The highest BCUT2D eigenvalue weighted by atomic mass is 16.2. The standard InChI is InChI=1S/C25H22N4O2/c1-18-7-11-20(12-8-18)24(30)27-22-13-9-19(10-14-22)15-29-16-23(26-17-29)25(31)28-21-5-3-2-4-6-21/h2-14,16-17H,15H2,1H3,(H,27,30)(H,28,31). The fourth-order valence-corrected chi connectivity index (χ4v) is 3.09. The first-order valence-corrected chi connectivity index (χ1v) is 9.92. The number of aromatic nitrogens is 2. The van der Waals surface area contributed by atoms with E-state index in [1.165, 1.54) is 0 Å². The third-order valence-electron chi connectivity index (χ3n) is 4.79. The van der Waals surface area contributed by atoms with E-state index >= 15 is 0 Å². The van der Waals surface area contributed by atoms with E-state index in [9.17, 15) is 9.59 Å². The number of benzene rings is 3. The van der Waals surface area contributed by atoms with Crippen LogP contribution in [-0.4, -0.2) is 21.4 Å². The van der Waals surface area contributed by atoms with Gasteiger partial charge in [-0.15, -0.1) is 0 Å². The average Bonchev–Trinajstić information content (AvgIpc) is 3.25. The van der Waals surface area contributed by atoms with Crippen LogP contribution in [0.3, 0.4) is 0 Å². The molecule has 2 N–H and O–H groups in total. The molecule has 154 valence electrons. The maximum Gasteiger partial charge on any atom is 0.275 e. The molecule has 0 atom stereocenters. The zero-order valence-electron chi connectivity index (χ0n) is 17.1. The Labute approximate surface area is 180 Å². The number of amides is 2. The lowest BCUT2D eigenvalue weighted by atomic mass is 10.1. The van der Waals surface area contributed by atoms with Crippen LogP contribution in [0.2, 0.25) is 0 Å². The molecule has 0 spiro atoms. The molecule has 0 aliphatic rings. The van der Waals surface area contributed by atoms with Gasteiger partial charge in [0, 0.05) is 29.7 Å². The highest BCUT2D eigenvalue weighted by molar-refractivity contribution is 6.04. The number of hydrogen-bond acceptors (Lipinski definition) is 3. The van der Waals surface area contributed by atoms with Crippen LogP contribution < -0.4 is 10.6 Å². The van der Waals surface area contributed by atoms with Crippen LogP contribution in [0, 0.1) is 6.92 Å². The number of hydrogen-bond donors (Lipinski definition) is 2. The van der Waals surface area contributed by atoms with Crippen LogP contribution in [0.5, 0.6) is 0 Å². The quantitative estimate of drug-likeness (QED) is 0.482. The number of para-hydroxylation sites is 1. The first-order valence-electron chi connectivity index (χ1n) is 9.92. The van der Waals surface area contributed by atoms with Crippen molar-refractivity contribution in [3.05, 3.63) is 114 Å². The lowest BCUT2D eigenvalue weighted by Crippen LogP contribution is -2.12. The molecule has 6 nitrogen and oxygen atoms in total. The predicted octanol–water partition coefficient (Wildman–Crippen LogP) is 4.74. The third kappa shape index (κ3) is 5.25. The summed E-state index contributed by atoms with van der Waals surface area (Å²) in [6, 6.07) is 24.3. The van der Waals surface area contributed by atoms with Gasteiger partial charge in [-0.25, -0.2) is 4.98 Å². The van der Waals surface area contributed by atoms with Crippen molar-refractivity contribution in [1.29, 1.82) is 0 Å². The van der Waals surface area contributed by atoms with Gasteiger partial charge in [-0.1, -0.05) is 48.0 Å². The molecule has 31 heavy (non-hydrogen) atoms. The second kappa shape index (κ2) is 9.09. The van der Waals surface area contributed by atoms with E-state index in [0.29, 0.717) is 17.8 Å². The van der Waals surface area contributed by atoms with Gasteiger partial charge in [0.25, 0.3) is 11.8 Å². The fourth-order valence-electron chi connectivity index (χ4n) is 3.09. The zero-order valence-corrected chi connectivity index (χ0v) is 17.1. The van der Waals surface area contributed by atoms with Crippen molar-refractivity contribution in [2.45, 2.75) is 13.5 Å². The Bertz CT molecular complexity index is 1180. The van der Waals surface area contributed by atoms with Gasteiger partial charge >= 0.3 is 0 Å². The summed E-state index contributed by atoms with van der Waals surface area (Å²) in [7, 11) is 0. The molecular formula is C25H22N4O2. The molecule has 1 heterocycles. The topological polar surface area (TPSA) is 76.0 Å². The van der Waals surface area contributed by atoms with Crippen LogP contribution in [0.1, 0.15) is 32.0 Å². The maximum atomic E-state index is 12.3. The van der Waals surface area contributed by atoms with Crippen molar-refractivity contribution in [3.63, 3.8) is 0 Å². The van der Waals surface area contributed by atoms with E-state index in [1.54, 1.807) is 12.5 Å². The monoisotopic (exact) mass is 410 g/mol. The second-order valence-corrected chi connectivity index (χ2v) is 7.27.